The van der Waals surface area contributed by atoms with Gasteiger partial charge in [-0.3, -0.25) is 4.79 Å². The molecular formula is C33H36N6O3. The van der Waals surface area contributed by atoms with Crippen LogP contribution < -0.4 is 16.4 Å². The van der Waals surface area contributed by atoms with Crippen LogP contribution in [0.15, 0.2) is 66.7 Å². The van der Waals surface area contributed by atoms with Gasteiger partial charge in [0.1, 0.15) is 5.54 Å². The molecule has 2 fully saturated rings. The first kappa shape index (κ1) is 26.4. The zero-order valence-electron chi connectivity index (χ0n) is 23.8. The highest BCUT2D eigenvalue weighted by Gasteiger charge is 2.65. The number of amides is 5. The van der Waals surface area contributed by atoms with Crippen molar-refractivity contribution < 1.29 is 14.4 Å². The number of para-hydroxylation sites is 1. The number of rotatable bonds is 4. The number of likely N-dealkylation sites (tertiary alicyclic amines) is 1. The van der Waals surface area contributed by atoms with E-state index in [9.17, 15) is 14.4 Å². The number of benzene rings is 3. The van der Waals surface area contributed by atoms with Crippen LogP contribution in [0.3, 0.4) is 0 Å². The third-order valence-corrected chi connectivity index (χ3v) is 9.63. The standard InChI is InChI=1S/C33H36N6O3/c1-21-26-20-38(18-22-7-3-2-4-8-22)30(40)33(17-27(33)25(26)11-12-28(21)34)36-32(42)37-15-13-24(14-16-37)39-19-23-9-5-6-10-29(23)35-31(39)41/h2-12,24,27H,13-20,34H2,1H3,(H,35,41)(H,36,42)/t27-,33+/m1/s1. The van der Waals surface area contributed by atoms with Crippen molar-refractivity contribution in [2.24, 2.45) is 0 Å². The molecule has 7 rings (SSSR count). The highest BCUT2D eigenvalue weighted by Crippen LogP contribution is 2.56. The fraction of sp³-hybridized carbons (Fsp3) is 0.364. The Morgan fingerprint density at radius 3 is 2.52 bits per heavy atom. The SMILES string of the molecule is Cc1c(N)ccc2c1CN(Cc1ccccc1)C(=O)[C@]1(NC(=O)N3CCC(N4Cc5ccccc5NC4=O)CC3)C[C@H]21. The highest BCUT2D eigenvalue weighted by molar-refractivity contribution is 5.97. The number of piperidine rings is 1. The van der Waals surface area contributed by atoms with Gasteiger partial charge in [0.2, 0.25) is 5.91 Å². The van der Waals surface area contributed by atoms with Crippen molar-refractivity contribution in [3.8, 4) is 0 Å². The summed E-state index contributed by atoms with van der Waals surface area (Å²) in [4.78, 5) is 46.3. The van der Waals surface area contributed by atoms with E-state index in [4.69, 9.17) is 5.73 Å². The average Bonchev–Trinajstić information content (AvgIpc) is 3.74. The van der Waals surface area contributed by atoms with Crippen molar-refractivity contribution >= 4 is 29.3 Å². The van der Waals surface area contributed by atoms with E-state index in [0.717, 1.165) is 33.5 Å². The van der Waals surface area contributed by atoms with Gasteiger partial charge in [-0.25, -0.2) is 9.59 Å². The molecule has 9 nitrogen and oxygen atoms in total. The van der Waals surface area contributed by atoms with Crippen LogP contribution in [0.1, 0.15) is 53.0 Å². The topological polar surface area (TPSA) is 111 Å². The predicted octanol–water partition coefficient (Wildman–Crippen LogP) is 4.57. The molecule has 0 spiro atoms. The zero-order valence-corrected chi connectivity index (χ0v) is 23.8. The number of carbonyl (C=O) groups excluding carboxylic acids is 3. The summed E-state index contributed by atoms with van der Waals surface area (Å²) in [5, 5.41) is 6.21. The van der Waals surface area contributed by atoms with Crippen molar-refractivity contribution in [1.82, 2.24) is 20.0 Å². The van der Waals surface area contributed by atoms with Gasteiger partial charge in [0.25, 0.3) is 0 Å². The van der Waals surface area contributed by atoms with Crippen LogP contribution in [0.5, 0.6) is 0 Å². The third kappa shape index (κ3) is 4.44. The molecule has 1 saturated heterocycles. The van der Waals surface area contributed by atoms with E-state index < -0.39 is 5.54 Å². The molecule has 0 radical (unpaired) electrons. The molecular weight excluding hydrogens is 528 g/mol. The molecule has 0 bridgehead atoms. The number of nitrogen functional groups attached to an aromatic ring is 1. The minimum atomic E-state index is -0.965. The maximum atomic E-state index is 14.2. The van der Waals surface area contributed by atoms with Gasteiger partial charge in [0.15, 0.2) is 0 Å². The maximum Gasteiger partial charge on any atom is 0.322 e. The molecule has 0 unspecified atom stereocenters. The van der Waals surface area contributed by atoms with Crippen molar-refractivity contribution in [2.75, 3.05) is 24.1 Å². The molecule has 0 aromatic heterocycles. The van der Waals surface area contributed by atoms with E-state index in [1.165, 1.54) is 0 Å². The lowest BCUT2D eigenvalue weighted by Crippen LogP contribution is -2.57. The Morgan fingerprint density at radius 1 is 1.00 bits per heavy atom. The number of nitrogens with one attached hydrogen (secondary N) is 2. The molecule has 216 valence electrons. The normalized spacial score (nSPS) is 23.4. The first-order chi connectivity index (χ1) is 20.3. The molecule has 5 amide bonds. The molecule has 42 heavy (non-hydrogen) atoms. The summed E-state index contributed by atoms with van der Waals surface area (Å²) in [6.45, 7) is 4.55. The van der Waals surface area contributed by atoms with Gasteiger partial charge in [-0.15, -0.1) is 0 Å². The molecule has 4 aliphatic rings. The number of anilines is 2. The minimum Gasteiger partial charge on any atom is -0.399 e. The van der Waals surface area contributed by atoms with Crippen LogP contribution >= 0.6 is 0 Å². The predicted molar refractivity (Wildman–Crippen MR) is 161 cm³/mol. The van der Waals surface area contributed by atoms with Crippen LogP contribution in [0.2, 0.25) is 0 Å². The maximum absolute atomic E-state index is 14.2. The molecule has 9 heteroatoms. The fourth-order valence-corrected chi connectivity index (χ4v) is 7.04. The van der Waals surface area contributed by atoms with Crippen LogP contribution in [-0.4, -0.2) is 57.3 Å². The van der Waals surface area contributed by atoms with Crippen LogP contribution in [0, 0.1) is 6.92 Å². The molecule has 3 aromatic rings. The van der Waals surface area contributed by atoms with Gasteiger partial charge in [-0.1, -0.05) is 54.6 Å². The number of urea groups is 2. The Labute approximate surface area is 245 Å². The van der Waals surface area contributed by atoms with Gasteiger partial charge in [0.05, 0.1) is 0 Å². The van der Waals surface area contributed by atoms with Crippen LogP contribution in [-0.2, 0) is 24.4 Å². The van der Waals surface area contributed by atoms with E-state index in [1.54, 1.807) is 4.90 Å². The Bertz CT molecular complexity index is 1570. The van der Waals surface area contributed by atoms with Crippen molar-refractivity contribution in [3.05, 3.63) is 94.5 Å². The van der Waals surface area contributed by atoms with E-state index in [0.29, 0.717) is 57.7 Å². The van der Waals surface area contributed by atoms with Crippen LogP contribution in [0.25, 0.3) is 0 Å². The van der Waals surface area contributed by atoms with Gasteiger partial charge >= 0.3 is 12.1 Å². The van der Waals surface area contributed by atoms with Gasteiger partial charge in [-0.05, 0) is 66.1 Å². The zero-order chi connectivity index (χ0) is 29.0. The number of fused-ring (bicyclic) bond motifs is 4. The quantitative estimate of drug-likeness (QED) is 0.403. The summed E-state index contributed by atoms with van der Waals surface area (Å²) < 4.78 is 0. The molecule has 2 atom stereocenters. The second kappa shape index (κ2) is 10.1. The van der Waals surface area contributed by atoms with Gasteiger partial charge in [-0.2, -0.15) is 0 Å². The molecule has 1 saturated carbocycles. The lowest BCUT2D eigenvalue weighted by Gasteiger charge is -2.41. The van der Waals surface area contributed by atoms with E-state index in [2.05, 4.69) is 10.6 Å². The monoisotopic (exact) mass is 564 g/mol. The average molecular weight is 565 g/mol. The van der Waals surface area contributed by atoms with Crippen LogP contribution in [0.4, 0.5) is 21.0 Å². The summed E-state index contributed by atoms with van der Waals surface area (Å²) in [6, 6.07) is 21.5. The number of nitrogens with zero attached hydrogens (tertiary/aromatic N) is 3. The van der Waals surface area contributed by atoms with E-state index in [-0.39, 0.29) is 29.9 Å². The molecule has 3 heterocycles. The second-order valence-electron chi connectivity index (χ2n) is 12.1. The molecule has 3 aliphatic heterocycles. The summed E-state index contributed by atoms with van der Waals surface area (Å²) in [6.07, 6.45) is 1.95. The Hall–Kier alpha value is -4.53. The number of hydrogen-bond acceptors (Lipinski definition) is 4. The molecule has 4 N–H and O–H groups in total. The second-order valence-corrected chi connectivity index (χ2v) is 12.1. The molecule has 1 aliphatic carbocycles. The lowest BCUT2D eigenvalue weighted by molar-refractivity contribution is -0.135. The third-order valence-electron chi connectivity index (χ3n) is 9.63. The summed E-state index contributed by atoms with van der Waals surface area (Å²) >= 11 is 0. The number of nitrogens with two attached hydrogens (primary N) is 1. The van der Waals surface area contributed by atoms with E-state index >= 15 is 0 Å². The molecule has 3 aromatic carbocycles. The lowest BCUT2D eigenvalue weighted by atomic mass is 9.96. The van der Waals surface area contributed by atoms with Crippen molar-refractivity contribution in [3.63, 3.8) is 0 Å². The Balaban J connectivity index is 1.08. The van der Waals surface area contributed by atoms with Crippen molar-refractivity contribution in [1.29, 1.82) is 0 Å². The van der Waals surface area contributed by atoms with Gasteiger partial charge < -0.3 is 31.1 Å². The smallest absolute Gasteiger partial charge is 0.322 e. The van der Waals surface area contributed by atoms with Gasteiger partial charge in [0, 0.05) is 56.1 Å². The summed E-state index contributed by atoms with van der Waals surface area (Å²) in [7, 11) is 0. The summed E-state index contributed by atoms with van der Waals surface area (Å²) in [5.74, 6) is -0.129. The largest absolute Gasteiger partial charge is 0.399 e. The fourth-order valence-electron chi connectivity index (χ4n) is 7.04. The number of carbonyl (C=O) groups is 3. The van der Waals surface area contributed by atoms with E-state index in [1.807, 2.05) is 83.5 Å². The van der Waals surface area contributed by atoms with Crippen molar-refractivity contribution in [2.45, 2.75) is 63.3 Å². The Morgan fingerprint density at radius 2 is 1.74 bits per heavy atom. The first-order valence-corrected chi connectivity index (χ1v) is 14.8. The minimum absolute atomic E-state index is 0.0441. The highest BCUT2D eigenvalue weighted by atomic mass is 16.2. The summed E-state index contributed by atoms with van der Waals surface area (Å²) in [5.41, 5.74) is 12.2. The first-order valence-electron chi connectivity index (χ1n) is 14.8. The Kier molecular flexibility index (Phi) is 6.33. The number of hydrogen-bond donors (Lipinski definition) is 3.